The number of rotatable bonds is 4. The molecule has 162 valence electrons. The van der Waals surface area contributed by atoms with Crippen molar-refractivity contribution in [2.24, 2.45) is 0 Å². The first kappa shape index (κ1) is 20.8. The summed E-state index contributed by atoms with van der Waals surface area (Å²) in [6.07, 6.45) is 1.39. The van der Waals surface area contributed by atoms with Crippen LogP contribution in [-0.4, -0.2) is 46.8 Å². The predicted molar refractivity (Wildman–Crippen MR) is 113 cm³/mol. The lowest BCUT2D eigenvalue weighted by Gasteiger charge is -2.44. The predicted octanol–water partition coefficient (Wildman–Crippen LogP) is 3.62. The van der Waals surface area contributed by atoms with E-state index in [9.17, 15) is 19.7 Å². The number of aryl methyl sites for hydroxylation is 2. The number of fused-ring (bicyclic) bond motifs is 1. The summed E-state index contributed by atoms with van der Waals surface area (Å²) in [6, 6.07) is 9.86. The molecule has 4 rings (SSSR count). The van der Waals surface area contributed by atoms with Crippen LogP contribution in [0.15, 0.2) is 36.4 Å². The Labute approximate surface area is 179 Å². The fraction of sp³-hybridized carbons (Fsp3) is 0.391. The molecule has 31 heavy (non-hydrogen) atoms. The maximum Gasteiger partial charge on any atom is 0.310 e. The first-order valence-electron chi connectivity index (χ1n) is 10.3. The number of amides is 1. The average molecular weight is 424 g/mol. The van der Waals surface area contributed by atoms with Crippen LogP contribution in [-0.2, 0) is 4.79 Å². The second kappa shape index (κ2) is 8.02. The SMILES string of the molecule is Cc1cc(C)c2c(c1)OC1(CCN(C(=O)COc3ccccc3[N+](=O)[O-])CC1)CC2=O. The minimum atomic E-state index is -0.597. The number of para-hydroxylation sites is 2. The number of nitrogens with zero attached hydrogens (tertiary/aromatic N) is 2. The van der Waals surface area contributed by atoms with Gasteiger partial charge in [-0.25, -0.2) is 0 Å². The first-order valence-corrected chi connectivity index (χ1v) is 10.3. The number of likely N-dealkylation sites (tertiary alicyclic amines) is 1. The highest BCUT2D eigenvalue weighted by Crippen LogP contribution is 2.41. The van der Waals surface area contributed by atoms with Gasteiger partial charge >= 0.3 is 5.69 Å². The lowest BCUT2D eigenvalue weighted by Crippen LogP contribution is -2.53. The van der Waals surface area contributed by atoms with E-state index in [1.165, 1.54) is 12.1 Å². The molecule has 2 aliphatic heterocycles. The van der Waals surface area contributed by atoms with Crippen LogP contribution in [0.2, 0.25) is 0 Å². The molecule has 8 heteroatoms. The summed E-state index contributed by atoms with van der Waals surface area (Å²) in [5, 5.41) is 11.1. The smallest absolute Gasteiger partial charge is 0.310 e. The number of ketones is 1. The molecule has 1 fully saturated rings. The number of hydrogen-bond acceptors (Lipinski definition) is 6. The van der Waals surface area contributed by atoms with Gasteiger partial charge in [0.05, 0.1) is 16.9 Å². The van der Waals surface area contributed by atoms with Crippen LogP contribution >= 0.6 is 0 Å². The van der Waals surface area contributed by atoms with Crippen LogP contribution in [0.3, 0.4) is 0 Å². The Kier molecular flexibility index (Phi) is 5.39. The van der Waals surface area contributed by atoms with Gasteiger partial charge in [-0.15, -0.1) is 0 Å². The van der Waals surface area contributed by atoms with E-state index in [2.05, 4.69) is 0 Å². The van der Waals surface area contributed by atoms with E-state index in [4.69, 9.17) is 9.47 Å². The van der Waals surface area contributed by atoms with Crippen LogP contribution in [0.5, 0.6) is 11.5 Å². The van der Waals surface area contributed by atoms with E-state index < -0.39 is 10.5 Å². The third-order valence-electron chi connectivity index (χ3n) is 5.97. The van der Waals surface area contributed by atoms with Gasteiger partial charge in [-0.3, -0.25) is 19.7 Å². The van der Waals surface area contributed by atoms with Gasteiger partial charge in [0, 0.05) is 32.0 Å². The molecular formula is C23H24N2O6. The molecular weight excluding hydrogens is 400 g/mol. The van der Waals surface area contributed by atoms with E-state index in [-0.39, 0.29) is 29.7 Å². The summed E-state index contributed by atoms with van der Waals surface area (Å²) in [5.74, 6) is 0.534. The third kappa shape index (κ3) is 4.10. The van der Waals surface area contributed by atoms with E-state index in [0.29, 0.717) is 43.7 Å². The standard InChI is InChI=1S/C23H24N2O6/c1-15-11-16(2)22-18(26)13-23(31-20(22)12-15)7-9-24(10-8-23)21(27)14-30-19-6-4-3-5-17(19)25(28)29/h3-6,11-12H,7-10,13-14H2,1-2H3. The van der Waals surface area contributed by atoms with Gasteiger partial charge in [-0.2, -0.15) is 0 Å². The topological polar surface area (TPSA) is 99.0 Å². The lowest BCUT2D eigenvalue weighted by atomic mass is 9.81. The monoisotopic (exact) mass is 424 g/mol. The third-order valence-corrected chi connectivity index (χ3v) is 5.97. The normalized spacial score (nSPS) is 17.1. The van der Waals surface area contributed by atoms with Gasteiger partial charge in [0.25, 0.3) is 5.91 Å². The summed E-state index contributed by atoms with van der Waals surface area (Å²) >= 11 is 0. The van der Waals surface area contributed by atoms with E-state index in [1.807, 2.05) is 26.0 Å². The van der Waals surface area contributed by atoms with Crippen LogP contribution in [0.1, 0.15) is 40.7 Å². The fourth-order valence-corrected chi connectivity index (χ4v) is 4.42. The van der Waals surface area contributed by atoms with Crippen molar-refractivity contribution in [2.75, 3.05) is 19.7 Å². The van der Waals surface area contributed by atoms with Gasteiger partial charge in [-0.05, 0) is 37.1 Å². The second-order valence-electron chi connectivity index (χ2n) is 8.23. The number of piperidine rings is 1. The highest BCUT2D eigenvalue weighted by Gasteiger charge is 2.44. The summed E-state index contributed by atoms with van der Waals surface area (Å²) < 4.78 is 11.7. The van der Waals surface area contributed by atoms with Crippen LogP contribution in [0.4, 0.5) is 5.69 Å². The van der Waals surface area contributed by atoms with E-state index in [1.54, 1.807) is 17.0 Å². The highest BCUT2D eigenvalue weighted by molar-refractivity contribution is 6.01. The number of ether oxygens (including phenoxy) is 2. The molecule has 0 N–H and O–H groups in total. The second-order valence-corrected chi connectivity index (χ2v) is 8.23. The Morgan fingerprint density at radius 2 is 1.94 bits per heavy atom. The highest BCUT2D eigenvalue weighted by atomic mass is 16.6. The quantitative estimate of drug-likeness (QED) is 0.549. The van der Waals surface area contributed by atoms with Gasteiger partial charge < -0.3 is 14.4 Å². The molecule has 0 radical (unpaired) electrons. The van der Waals surface area contributed by atoms with E-state index in [0.717, 1.165) is 11.1 Å². The number of benzene rings is 2. The Balaban J connectivity index is 1.39. The fourth-order valence-electron chi connectivity index (χ4n) is 4.42. The average Bonchev–Trinajstić information content (AvgIpc) is 2.71. The van der Waals surface area contributed by atoms with Crippen molar-refractivity contribution in [3.8, 4) is 11.5 Å². The molecule has 0 aromatic heterocycles. The van der Waals surface area contributed by atoms with Crippen molar-refractivity contribution >= 4 is 17.4 Å². The number of carbonyl (C=O) groups excluding carboxylic acids is 2. The Morgan fingerprint density at radius 1 is 1.23 bits per heavy atom. The van der Waals surface area contributed by atoms with Crippen molar-refractivity contribution in [3.63, 3.8) is 0 Å². The molecule has 0 unspecified atom stereocenters. The molecule has 1 amide bonds. The van der Waals surface area contributed by atoms with Crippen molar-refractivity contribution in [3.05, 3.63) is 63.2 Å². The minimum absolute atomic E-state index is 0.0675. The first-order chi connectivity index (χ1) is 14.8. The summed E-state index contributed by atoms with van der Waals surface area (Å²) in [5.41, 5.74) is 1.86. The summed E-state index contributed by atoms with van der Waals surface area (Å²) in [7, 11) is 0. The molecule has 0 aliphatic carbocycles. The number of nitro benzene ring substituents is 1. The molecule has 8 nitrogen and oxygen atoms in total. The molecule has 1 saturated heterocycles. The Hall–Kier alpha value is -3.42. The molecule has 2 heterocycles. The van der Waals surface area contributed by atoms with E-state index >= 15 is 0 Å². The molecule has 0 atom stereocenters. The number of hydrogen-bond donors (Lipinski definition) is 0. The van der Waals surface area contributed by atoms with Gasteiger partial charge in [0.1, 0.15) is 11.4 Å². The van der Waals surface area contributed by atoms with Crippen molar-refractivity contribution in [1.29, 1.82) is 0 Å². The maximum atomic E-state index is 12.8. The Bertz CT molecular complexity index is 1060. The van der Waals surface area contributed by atoms with Gasteiger partial charge in [0.15, 0.2) is 18.1 Å². The number of nitro groups is 1. The van der Waals surface area contributed by atoms with Crippen LogP contribution in [0.25, 0.3) is 0 Å². The maximum absolute atomic E-state index is 12.8. The molecule has 1 spiro atoms. The van der Waals surface area contributed by atoms with Crippen LogP contribution < -0.4 is 9.47 Å². The molecule has 2 aromatic rings. The molecule has 0 bridgehead atoms. The largest absolute Gasteiger partial charge is 0.486 e. The number of Topliss-reactive ketones (excluding diaryl/α,β-unsaturated/α-hetero) is 1. The summed E-state index contributed by atoms with van der Waals surface area (Å²) in [4.78, 5) is 37.6. The summed E-state index contributed by atoms with van der Waals surface area (Å²) in [6.45, 7) is 4.49. The number of carbonyl (C=O) groups is 2. The molecule has 2 aliphatic rings. The minimum Gasteiger partial charge on any atom is -0.486 e. The van der Waals surface area contributed by atoms with Gasteiger partial charge in [0.2, 0.25) is 0 Å². The van der Waals surface area contributed by atoms with Crippen LogP contribution in [0, 0.1) is 24.0 Å². The molecule has 2 aromatic carbocycles. The lowest BCUT2D eigenvalue weighted by molar-refractivity contribution is -0.385. The van der Waals surface area contributed by atoms with Gasteiger partial charge in [-0.1, -0.05) is 18.2 Å². The zero-order chi connectivity index (χ0) is 22.2. The molecule has 0 saturated carbocycles. The zero-order valence-corrected chi connectivity index (χ0v) is 17.6. The Morgan fingerprint density at radius 3 is 2.65 bits per heavy atom. The zero-order valence-electron chi connectivity index (χ0n) is 17.6. The van der Waals surface area contributed by atoms with Crippen molar-refractivity contribution < 1.29 is 24.0 Å². The van der Waals surface area contributed by atoms with Crippen molar-refractivity contribution in [2.45, 2.75) is 38.7 Å². The van der Waals surface area contributed by atoms with Crippen molar-refractivity contribution in [1.82, 2.24) is 4.90 Å².